The van der Waals surface area contributed by atoms with Gasteiger partial charge in [-0.15, -0.1) is 0 Å². The van der Waals surface area contributed by atoms with Crippen molar-refractivity contribution in [1.82, 2.24) is 10.4 Å². The Balaban J connectivity index is 1.95. The van der Waals surface area contributed by atoms with E-state index in [1.165, 1.54) is 25.0 Å². The smallest absolute Gasteiger partial charge is 0.428 e. The average Bonchev–Trinajstić information content (AvgIpc) is 2.96. The summed E-state index contributed by atoms with van der Waals surface area (Å²) in [6.45, 7) is 3.69. The molecule has 0 aromatic heterocycles. The van der Waals surface area contributed by atoms with Crippen LogP contribution in [0.3, 0.4) is 0 Å². The number of methoxy groups -OCH3 is 1. The number of hydrogen-bond donors (Lipinski definition) is 1. The van der Waals surface area contributed by atoms with E-state index in [0.29, 0.717) is 5.92 Å². The standard InChI is InChI=1S/C13H22N2O3/c1-8(2)15(13(17)18-3)14-12(16)11-7-9-4-5-10(11)6-9/h8-11H,4-7H2,1-3H3,(H,14,16)/t9-,10+,11-/m0/s1. The molecule has 0 aromatic rings. The molecule has 3 atom stereocenters. The van der Waals surface area contributed by atoms with Gasteiger partial charge >= 0.3 is 6.09 Å². The SMILES string of the molecule is COC(=O)N(NC(=O)[C@H]1C[C@H]2CC[C@@H]1C2)C(C)C. The molecule has 0 spiro atoms. The van der Waals surface area contributed by atoms with Crippen LogP contribution in [0, 0.1) is 17.8 Å². The number of amides is 2. The summed E-state index contributed by atoms with van der Waals surface area (Å²) in [5.41, 5.74) is 2.71. The lowest BCUT2D eigenvalue weighted by atomic mass is 9.88. The van der Waals surface area contributed by atoms with Crippen molar-refractivity contribution in [2.24, 2.45) is 17.8 Å². The summed E-state index contributed by atoms with van der Waals surface area (Å²) in [4.78, 5) is 23.8. The van der Waals surface area contributed by atoms with Gasteiger partial charge in [0.2, 0.25) is 5.91 Å². The highest BCUT2D eigenvalue weighted by molar-refractivity contribution is 5.82. The Kier molecular flexibility index (Phi) is 3.78. The predicted octanol–water partition coefficient (Wildman–Crippen LogP) is 1.93. The van der Waals surface area contributed by atoms with Crippen molar-refractivity contribution in [3.8, 4) is 0 Å². The van der Waals surface area contributed by atoms with Gasteiger partial charge in [-0.2, -0.15) is 0 Å². The number of carbonyl (C=O) groups is 2. The van der Waals surface area contributed by atoms with Crippen molar-refractivity contribution in [1.29, 1.82) is 0 Å². The Morgan fingerprint density at radius 2 is 2.00 bits per heavy atom. The molecule has 2 bridgehead atoms. The van der Waals surface area contributed by atoms with Gasteiger partial charge in [0.25, 0.3) is 0 Å². The van der Waals surface area contributed by atoms with Crippen LogP contribution in [0.5, 0.6) is 0 Å². The van der Waals surface area contributed by atoms with Gasteiger partial charge in [0, 0.05) is 5.92 Å². The van der Waals surface area contributed by atoms with Crippen molar-refractivity contribution in [3.05, 3.63) is 0 Å². The maximum absolute atomic E-state index is 12.2. The molecule has 2 fully saturated rings. The van der Waals surface area contributed by atoms with Gasteiger partial charge < -0.3 is 4.74 Å². The molecule has 1 N–H and O–H groups in total. The van der Waals surface area contributed by atoms with E-state index in [1.807, 2.05) is 13.8 Å². The molecule has 0 heterocycles. The predicted molar refractivity (Wildman–Crippen MR) is 66.5 cm³/mol. The van der Waals surface area contributed by atoms with Crippen molar-refractivity contribution >= 4 is 12.0 Å². The van der Waals surface area contributed by atoms with Gasteiger partial charge in [0.15, 0.2) is 0 Å². The van der Waals surface area contributed by atoms with E-state index in [2.05, 4.69) is 10.2 Å². The minimum absolute atomic E-state index is 0.0266. The number of hydrazine groups is 1. The topological polar surface area (TPSA) is 58.6 Å². The zero-order chi connectivity index (χ0) is 13.3. The highest BCUT2D eigenvalue weighted by atomic mass is 16.5. The van der Waals surface area contributed by atoms with E-state index in [-0.39, 0.29) is 17.9 Å². The van der Waals surface area contributed by atoms with Crippen LogP contribution < -0.4 is 5.43 Å². The number of hydrogen-bond acceptors (Lipinski definition) is 3. The number of nitrogens with one attached hydrogen (secondary N) is 1. The Morgan fingerprint density at radius 1 is 1.28 bits per heavy atom. The maximum Gasteiger partial charge on any atom is 0.428 e. The fourth-order valence-corrected chi connectivity index (χ4v) is 3.25. The lowest BCUT2D eigenvalue weighted by Gasteiger charge is -2.29. The molecule has 5 heteroatoms. The summed E-state index contributed by atoms with van der Waals surface area (Å²) >= 11 is 0. The molecule has 2 aliphatic carbocycles. The van der Waals surface area contributed by atoms with E-state index in [9.17, 15) is 9.59 Å². The molecular weight excluding hydrogens is 232 g/mol. The summed E-state index contributed by atoms with van der Waals surface area (Å²) in [5.74, 6) is 1.29. The first kappa shape index (κ1) is 13.2. The number of fused-ring (bicyclic) bond motifs is 2. The Bertz CT molecular complexity index is 343. The first-order chi connectivity index (χ1) is 8.52. The number of nitrogens with zero attached hydrogens (tertiary/aromatic N) is 1. The van der Waals surface area contributed by atoms with Crippen LogP contribution in [0.4, 0.5) is 4.79 Å². The van der Waals surface area contributed by atoms with Crippen molar-refractivity contribution < 1.29 is 14.3 Å². The number of ether oxygens (including phenoxy) is 1. The van der Waals surface area contributed by atoms with E-state index in [1.54, 1.807) is 0 Å². The van der Waals surface area contributed by atoms with Gasteiger partial charge in [-0.1, -0.05) is 6.42 Å². The second-order valence-corrected chi connectivity index (χ2v) is 5.69. The zero-order valence-corrected chi connectivity index (χ0v) is 11.3. The minimum Gasteiger partial charge on any atom is -0.452 e. The summed E-state index contributed by atoms with van der Waals surface area (Å²) in [6.07, 6.45) is 4.06. The monoisotopic (exact) mass is 254 g/mol. The fourth-order valence-electron chi connectivity index (χ4n) is 3.25. The van der Waals surface area contributed by atoms with Crippen LogP contribution in [0.2, 0.25) is 0 Å². The third kappa shape index (κ3) is 2.44. The summed E-state index contributed by atoms with van der Waals surface area (Å²) in [7, 11) is 1.32. The lowest BCUT2D eigenvalue weighted by molar-refractivity contribution is -0.131. The molecule has 2 rings (SSSR count). The highest BCUT2D eigenvalue weighted by Gasteiger charge is 2.43. The second kappa shape index (κ2) is 5.16. The molecule has 0 saturated heterocycles. The Hall–Kier alpha value is -1.26. The molecule has 102 valence electrons. The molecule has 5 nitrogen and oxygen atoms in total. The molecule has 0 aliphatic heterocycles. The van der Waals surface area contributed by atoms with E-state index in [0.717, 1.165) is 18.8 Å². The van der Waals surface area contributed by atoms with E-state index >= 15 is 0 Å². The molecule has 0 unspecified atom stereocenters. The average molecular weight is 254 g/mol. The largest absolute Gasteiger partial charge is 0.452 e. The molecule has 0 radical (unpaired) electrons. The maximum atomic E-state index is 12.2. The summed E-state index contributed by atoms with van der Waals surface area (Å²) in [6, 6.07) is -0.111. The van der Waals surface area contributed by atoms with Gasteiger partial charge in [-0.25, -0.2) is 9.80 Å². The quantitative estimate of drug-likeness (QED) is 0.766. The summed E-state index contributed by atoms with van der Waals surface area (Å²) in [5, 5.41) is 1.27. The van der Waals surface area contributed by atoms with Crippen LogP contribution in [0.25, 0.3) is 0 Å². The molecule has 18 heavy (non-hydrogen) atoms. The molecule has 0 aromatic carbocycles. The van der Waals surface area contributed by atoms with Crippen LogP contribution in [0.1, 0.15) is 39.5 Å². The number of rotatable bonds is 2. The number of carbonyl (C=O) groups excluding carboxylic acids is 2. The second-order valence-electron chi connectivity index (χ2n) is 5.69. The molecule has 2 saturated carbocycles. The van der Waals surface area contributed by atoms with Crippen molar-refractivity contribution in [2.75, 3.05) is 7.11 Å². The Morgan fingerprint density at radius 3 is 2.44 bits per heavy atom. The molecule has 2 amide bonds. The molecular formula is C13H22N2O3. The third-order valence-corrected chi connectivity index (χ3v) is 4.19. The minimum atomic E-state index is -0.512. The zero-order valence-electron chi connectivity index (χ0n) is 11.3. The van der Waals surface area contributed by atoms with Crippen molar-refractivity contribution in [2.45, 2.75) is 45.6 Å². The first-order valence-corrected chi connectivity index (χ1v) is 6.70. The van der Waals surface area contributed by atoms with Crippen LogP contribution in [0.15, 0.2) is 0 Å². The van der Waals surface area contributed by atoms with Gasteiger partial charge in [0.1, 0.15) is 0 Å². The highest BCUT2D eigenvalue weighted by Crippen LogP contribution is 2.48. The van der Waals surface area contributed by atoms with Crippen LogP contribution >= 0.6 is 0 Å². The van der Waals surface area contributed by atoms with Gasteiger partial charge in [-0.3, -0.25) is 10.2 Å². The first-order valence-electron chi connectivity index (χ1n) is 6.70. The normalized spacial score (nSPS) is 29.4. The van der Waals surface area contributed by atoms with Gasteiger partial charge in [-0.05, 0) is 44.9 Å². The fraction of sp³-hybridized carbons (Fsp3) is 0.846. The lowest BCUT2D eigenvalue weighted by Crippen LogP contribution is -2.52. The van der Waals surface area contributed by atoms with Crippen LogP contribution in [-0.2, 0) is 9.53 Å². The molecule has 2 aliphatic rings. The van der Waals surface area contributed by atoms with Gasteiger partial charge in [0.05, 0.1) is 13.2 Å². The Labute approximate surface area is 108 Å². The van der Waals surface area contributed by atoms with E-state index < -0.39 is 6.09 Å². The van der Waals surface area contributed by atoms with Crippen molar-refractivity contribution in [3.63, 3.8) is 0 Å². The third-order valence-electron chi connectivity index (χ3n) is 4.19. The summed E-state index contributed by atoms with van der Waals surface area (Å²) < 4.78 is 4.67. The van der Waals surface area contributed by atoms with Crippen LogP contribution in [-0.4, -0.2) is 30.2 Å². The van der Waals surface area contributed by atoms with E-state index in [4.69, 9.17) is 0 Å².